The van der Waals surface area contributed by atoms with Crippen LogP contribution in [0.1, 0.15) is 18.4 Å². The molecule has 1 aliphatic rings. The van der Waals surface area contributed by atoms with Crippen molar-refractivity contribution in [1.29, 1.82) is 0 Å². The molecule has 0 unspecified atom stereocenters. The van der Waals surface area contributed by atoms with E-state index in [2.05, 4.69) is 5.32 Å². The zero-order valence-corrected chi connectivity index (χ0v) is 11.1. The van der Waals surface area contributed by atoms with E-state index in [1.54, 1.807) is 13.2 Å². The van der Waals surface area contributed by atoms with E-state index < -0.39 is 0 Å². The molecule has 0 aliphatic heterocycles. The second kappa shape index (κ2) is 6.43. The third-order valence-electron chi connectivity index (χ3n) is 3.13. The molecule has 19 heavy (non-hydrogen) atoms. The van der Waals surface area contributed by atoms with Crippen LogP contribution < -0.4 is 20.5 Å². The van der Waals surface area contributed by atoms with Gasteiger partial charge in [0.15, 0.2) is 18.1 Å². The number of carbonyl (C=O) groups is 1. The van der Waals surface area contributed by atoms with Crippen LogP contribution in [0, 0.1) is 5.92 Å². The van der Waals surface area contributed by atoms with Gasteiger partial charge in [-0.3, -0.25) is 4.79 Å². The molecule has 1 aliphatic carbocycles. The first-order chi connectivity index (χ1) is 9.24. The van der Waals surface area contributed by atoms with E-state index in [4.69, 9.17) is 15.2 Å². The zero-order valence-electron chi connectivity index (χ0n) is 11.1. The quantitative estimate of drug-likeness (QED) is 0.772. The fourth-order valence-corrected chi connectivity index (χ4v) is 1.82. The summed E-state index contributed by atoms with van der Waals surface area (Å²) in [5.74, 6) is 1.70. The number of amides is 1. The third-order valence-corrected chi connectivity index (χ3v) is 3.13. The average Bonchev–Trinajstić information content (AvgIpc) is 3.26. The summed E-state index contributed by atoms with van der Waals surface area (Å²) in [4.78, 5) is 11.6. The number of rotatable bonds is 7. The van der Waals surface area contributed by atoms with Gasteiger partial charge in [-0.05, 0) is 24.8 Å². The number of hydrogen-bond acceptors (Lipinski definition) is 4. The number of carbonyl (C=O) groups excluding carboxylic acids is 1. The van der Waals surface area contributed by atoms with E-state index in [1.165, 1.54) is 12.8 Å². The van der Waals surface area contributed by atoms with Crippen molar-refractivity contribution < 1.29 is 14.3 Å². The van der Waals surface area contributed by atoms with Gasteiger partial charge in [-0.2, -0.15) is 0 Å². The van der Waals surface area contributed by atoms with Crippen molar-refractivity contribution in [2.45, 2.75) is 19.4 Å². The monoisotopic (exact) mass is 264 g/mol. The van der Waals surface area contributed by atoms with Gasteiger partial charge in [0, 0.05) is 18.7 Å². The van der Waals surface area contributed by atoms with Crippen LogP contribution in [0.5, 0.6) is 11.5 Å². The van der Waals surface area contributed by atoms with Crippen LogP contribution in [-0.2, 0) is 11.3 Å². The maximum absolute atomic E-state index is 11.6. The summed E-state index contributed by atoms with van der Waals surface area (Å²) in [5.41, 5.74) is 6.48. The Morgan fingerprint density at radius 2 is 2.26 bits per heavy atom. The lowest BCUT2D eigenvalue weighted by Crippen LogP contribution is -2.30. The highest BCUT2D eigenvalue weighted by Crippen LogP contribution is 2.30. The molecular weight excluding hydrogens is 244 g/mol. The molecule has 0 radical (unpaired) electrons. The molecule has 104 valence electrons. The number of hydrogen-bond donors (Lipinski definition) is 2. The number of para-hydroxylation sites is 1. The molecule has 3 N–H and O–H groups in total. The van der Waals surface area contributed by atoms with Gasteiger partial charge in [-0.1, -0.05) is 12.1 Å². The molecule has 1 aromatic rings. The smallest absolute Gasteiger partial charge is 0.257 e. The Balaban J connectivity index is 1.91. The van der Waals surface area contributed by atoms with Crippen molar-refractivity contribution in [3.8, 4) is 11.5 Å². The lowest BCUT2D eigenvalue weighted by molar-refractivity contribution is -0.123. The highest BCUT2D eigenvalue weighted by Gasteiger charge is 2.21. The Labute approximate surface area is 113 Å². The Kier molecular flexibility index (Phi) is 4.63. The second-order valence-corrected chi connectivity index (χ2v) is 4.69. The first kappa shape index (κ1) is 13.7. The van der Waals surface area contributed by atoms with Gasteiger partial charge >= 0.3 is 0 Å². The van der Waals surface area contributed by atoms with Crippen molar-refractivity contribution in [1.82, 2.24) is 5.32 Å². The molecular formula is C14H20N2O3. The Morgan fingerprint density at radius 3 is 2.89 bits per heavy atom. The SMILES string of the molecule is COc1cccc(CN)c1OCC(=O)NCC1CC1. The van der Waals surface area contributed by atoms with Gasteiger partial charge < -0.3 is 20.5 Å². The number of ether oxygens (including phenoxy) is 2. The van der Waals surface area contributed by atoms with E-state index in [0.29, 0.717) is 24.0 Å². The summed E-state index contributed by atoms with van der Waals surface area (Å²) >= 11 is 0. The molecule has 2 rings (SSSR count). The molecule has 0 bridgehead atoms. The topological polar surface area (TPSA) is 73.6 Å². The fourth-order valence-electron chi connectivity index (χ4n) is 1.82. The van der Waals surface area contributed by atoms with E-state index in [-0.39, 0.29) is 12.5 Å². The minimum absolute atomic E-state index is 0.0138. The van der Waals surface area contributed by atoms with Gasteiger partial charge in [0.05, 0.1) is 7.11 Å². The summed E-state index contributed by atoms with van der Waals surface area (Å²) in [7, 11) is 1.57. The fraction of sp³-hybridized carbons (Fsp3) is 0.500. The van der Waals surface area contributed by atoms with E-state index >= 15 is 0 Å². The van der Waals surface area contributed by atoms with Crippen molar-refractivity contribution in [3.05, 3.63) is 23.8 Å². The molecule has 5 heteroatoms. The molecule has 1 aromatic carbocycles. The van der Waals surface area contributed by atoms with Gasteiger partial charge in [-0.15, -0.1) is 0 Å². The summed E-state index contributed by atoms with van der Waals surface area (Å²) in [6.45, 7) is 1.08. The first-order valence-corrected chi connectivity index (χ1v) is 6.50. The van der Waals surface area contributed by atoms with Crippen LogP contribution in [0.3, 0.4) is 0 Å². The molecule has 0 aromatic heterocycles. The number of methoxy groups -OCH3 is 1. The number of nitrogens with two attached hydrogens (primary N) is 1. The number of nitrogens with one attached hydrogen (secondary N) is 1. The Hall–Kier alpha value is -1.75. The lowest BCUT2D eigenvalue weighted by Gasteiger charge is -2.14. The van der Waals surface area contributed by atoms with Crippen LogP contribution in [0.2, 0.25) is 0 Å². The van der Waals surface area contributed by atoms with E-state index in [9.17, 15) is 4.79 Å². The first-order valence-electron chi connectivity index (χ1n) is 6.50. The van der Waals surface area contributed by atoms with Crippen LogP contribution >= 0.6 is 0 Å². The van der Waals surface area contributed by atoms with Gasteiger partial charge in [0.25, 0.3) is 5.91 Å². The molecule has 5 nitrogen and oxygen atoms in total. The normalized spacial score (nSPS) is 14.0. The molecule has 0 heterocycles. The second-order valence-electron chi connectivity index (χ2n) is 4.69. The molecule has 0 saturated heterocycles. The van der Waals surface area contributed by atoms with Crippen LogP contribution in [-0.4, -0.2) is 26.2 Å². The van der Waals surface area contributed by atoms with E-state index in [0.717, 1.165) is 12.1 Å². The minimum atomic E-state index is -0.110. The molecule has 0 atom stereocenters. The van der Waals surface area contributed by atoms with Gasteiger partial charge in [0.2, 0.25) is 0 Å². The van der Waals surface area contributed by atoms with Crippen LogP contribution in [0.4, 0.5) is 0 Å². The Bertz CT molecular complexity index is 422. The highest BCUT2D eigenvalue weighted by atomic mass is 16.5. The van der Waals surface area contributed by atoms with Gasteiger partial charge in [-0.25, -0.2) is 0 Å². The van der Waals surface area contributed by atoms with Crippen molar-refractivity contribution >= 4 is 5.91 Å². The Morgan fingerprint density at radius 1 is 1.47 bits per heavy atom. The maximum Gasteiger partial charge on any atom is 0.257 e. The molecule has 1 amide bonds. The van der Waals surface area contributed by atoms with Crippen molar-refractivity contribution in [3.63, 3.8) is 0 Å². The average molecular weight is 264 g/mol. The summed E-state index contributed by atoms with van der Waals surface area (Å²) < 4.78 is 10.8. The van der Waals surface area contributed by atoms with Crippen LogP contribution in [0.25, 0.3) is 0 Å². The van der Waals surface area contributed by atoms with Crippen LogP contribution in [0.15, 0.2) is 18.2 Å². The molecule has 1 fully saturated rings. The lowest BCUT2D eigenvalue weighted by atomic mass is 10.2. The number of benzene rings is 1. The maximum atomic E-state index is 11.6. The molecule has 1 saturated carbocycles. The molecule has 0 spiro atoms. The minimum Gasteiger partial charge on any atom is -0.493 e. The van der Waals surface area contributed by atoms with Crippen molar-refractivity contribution in [2.75, 3.05) is 20.3 Å². The highest BCUT2D eigenvalue weighted by molar-refractivity contribution is 5.77. The van der Waals surface area contributed by atoms with Gasteiger partial charge in [0.1, 0.15) is 0 Å². The third kappa shape index (κ3) is 3.86. The zero-order chi connectivity index (χ0) is 13.7. The standard InChI is InChI=1S/C14H20N2O3/c1-18-12-4-2-3-11(7-15)14(12)19-9-13(17)16-8-10-5-6-10/h2-4,10H,5-9,15H2,1H3,(H,16,17). The predicted molar refractivity (Wildman–Crippen MR) is 72.1 cm³/mol. The van der Waals surface area contributed by atoms with Crippen molar-refractivity contribution in [2.24, 2.45) is 11.7 Å². The summed E-state index contributed by atoms with van der Waals surface area (Å²) in [5, 5.41) is 2.85. The summed E-state index contributed by atoms with van der Waals surface area (Å²) in [6, 6.07) is 5.50. The summed E-state index contributed by atoms with van der Waals surface area (Å²) in [6.07, 6.45) is 2.43. The largest absolute Gasteiger partial charge is 0.493 e. The predicted octanol–water partition coefficient (Wildman–Crippen LogP) is 1.06. The van der Waals surface area contributed by atoms with E-state index in [1.807, 2.05) is 12.1 Å².